The van der Waals surface area contributed by atoms with Gasteiger partial charge in [-0.3, -0.25) is 4.98 Å². The average molecular weight is 263 g/mol. The Morgan fingerprint density at radius 3 is 2.74 bits per heavy atom. The third-order valence-corrected chi connectivity index (χ3v) is 3.46. The quantitative estimate of drug-likeness (QED) is 0.775. The fourth-order valence-corrected chi connectivity index (χ4v) is 2.06. The van der Waals surface area contributed by atoms with Gasteiger partial charge in [-0.15, -0.1) is 0 Å². The molecule has 1 unspecified atom stereocenters. The Morgan fingerprint density at radius 2 is 2.16 bits per heavy atom. The van der Waals surface area contributed by atoms with Crippen molar-refractivity contribution in [3.63, 3.8) is 0 Å². The van der Waals surface area contributed by atoms with Gasteiger partial charge in [0.15, 0.2) is 0 Å². The van der Waals surface area contributed by atoms with Crippen LogP contribution in [-0.4, -0.2) is 28.1 Å². The Morgan fingerprint density at radius 1 is 1.42 bits per heavy atom. The van der Waals surface area contributed by atoms with Crippen LogP contribution in [0.3, 0.4) is 0 Å². The molecule has 1 aliphatic rings. The molecule has 102 valence electrons. The summed E-state index contributed by atoms with van der Waals surface area (Å²) in [5.74, 6) is -0.520. The van der Waals surface area contributed by atoms with E-state index >= 15 is 0 Å². The first kappa shape index (κ1) is 13.3. The molecule has 1 heterocycles. The molecule has 1 atom stereocenters. The molecule has 1 saturated carbocycles. The number of hydrogen-bond donors (Lipinski definition) is 3. The first-order valence-corrected chi connectivity index (χ1v) is 6.32. The zero-order chi connectivity index (χ0) is 13.8. The third-order valence-electron chi connectivity index (χ3n) is 3.46. The van der Waals surface area contributed by atoms with Gasteiger partial charge in [0.1, 0.15) is 0 Å². The van der Waals surface area contributed by atoms with Crippen LogP contribution in [0.4, 0.5) is 10.5 Å². The van der Waals surface area contributed by atoms with Crippen LogP contribution in [0.25, 0.3) is 0 Å². The van der Waals surface area contributed by atoms with Crippen molar-refractivity contribution in [2.75, 3.05) is 5.32 Å². The summed E-state index contributed by atoms with van der Waals surface area (Å²) in [6, 6.07) is 1.18. The molecular weight excluding hydrogens is 246 g/mol. The maximum absolute atomic E-state index is 11.8. The van der Waals surface area contributed by atoms with Crippen molar-refractivity contribution in [3.8, 4) is 0 Å². The van der Waals surface area contributed by atoms with Crippen LogP contribution in [0.15, 0.2) is 18.5 Å². The first-order valence-electron chi connectivity index (χ1n) is 6.32. The SMILES string of the molecule is CC(NC(=O)Nc1cncc(C(=O)O)c1)C1CCC1. The second kappa shape index (κ2) is 5.69. The van der Waals surface area contributed by atoms with Crippen molar-refractivity contribution in [1.29, 1.82) is 0 Å². The van der Waals surface area contributed by atoms with Crippen LogP contribution in [0.2, 0.25) is 0 Å². The van der Waals surface area contributed by atoms with E-state index in [1.54, 1.807) is 0 Å². The van der Waals surface area contributed by atoms with Crippen LogP contribution in [0, 0.1) is 5.92 Å². The van der Waals surface area contributed by atoms with Gasteiger partial charge in [0.05, 0.1) is 17.4 Å². The fourth-order valence-electron chi connectivity index (χ4n) is 2.06. The number of nitrogens with zero attached hydrogens (tertiary/aromatic N) is 1. The lowest BCUT2D eigenvalue weighted by atomic mass is 9.80. The molecule has 1 aliphatic carbocycles. The molecule has 2 rings (SSSR count). The van der Waals surface area contributed by atoms with Crippen molar-refractivity contribution < 1.29 is 14.7 Å². The number of pyridine rings is 1. The molecule has 2 amide bonds. The van der Waals surface area contributed by atoms with Crippen molar-refractivity contribution in [2.45, 2.75) is 32.2 Å². The van der Waals surface area contributed by atoms with E-state index in [1.165, 1.54) is 24.9 Å². The second-order valence-electron chi connectivity index (χ2n) is 4.85. The smallest absolute Gasteiger partial charge is 0.337 e. The fraction of sp³-hybridized carbons (Fsp3) is 0.462. The van der Waals surface area contributed by atoms with Gasteiger partial charge in [-0.1, -0.05) is 6.42 Å². The molecule has 0 aliphatic heterocycles. The Hall–Kier alpha value is -2.11. The molecule has 0 bridgehead atoms. The van der Waals surface area contributed by atoms with E-state index in [-0.39, 0.29) is 17.6 Å². The second-order valence-corrected chi connectivity index (χ2v) is 4.85. The van der Waals surface area contributed by atoms with Crippen molar-refractivity contribution in [3.05, 3.63) is 24.0 Å². The molecule has 0 saturated heterocycles. The highest BCUT2D eigenvalue weighted by Crippen LogP contribution is 2.29. The lowest BCUT2D eigenvalue weighted by Gasteiger charge is -2.31. The van der Waals surface area contributed by atoms with Crippen molar-refractivity contribution in [1.82, 2.24) is 10.3 Å². The minimum Gasteiger partial charge on any atom is -0.478 e. The monoisotopic (exact) mass is 263 g/mol. The number of anilines is 1. The molecule has 1 fully saturated rings. The van der Waals surface area contributed by atoms with Crippen molar-refractivity contribution >= 4 is 17.7 Å². The van der Waals surface area contributed by atoms with Crippen LogP contribution in [0.1, 0.15) is 36.5 Å². The normalized spacial score (nSPS) is 16.3. The molecule has 0 aromatic carbocycles. The number of aromatic carboxylic acids is 1. The Labute approximate surface area is 111 Å². The Bertz CT molecular complexity index is 486. The Kier molecular flexibility index (Phi) is 3.99. The summed E-state index contributed by atoms with van der Waals surface area (Å²) in [7, 11) is 0. The zero-order valence-corrected chi connectivity index (χ0v) is 10.7. The predicted molar refractivity (Wildman–Crippen MR) is 70.2 cm³/mol. The average Bonchev–Trinajstić information content (AvgIpc) is 2.26. The highest BCUT2D eigenvalue weighted by molar-refractivity contribution is 5.92. The first-order chi connectivity index (χ1) is 9.06. The van der Waals surface area contributed by atoms with Crippen LogP contribution in [0.5, 0.6) is 0 Å². The largest absolute Gasteiger partial charge is 0.478 e. The number of urea groups is 1. The van der Waals surface area contributed by atoms with Gasteiger partial charge in [-0.05, 0) is 31.7 Å². The molecule has 6 nitrogen and oxygen atoms in total. The van der Waals surface area contributed by atoms with E-state index in [4.69, 9.17) is 5.11 Å². The zero-order valence-electron chi connectivity index (χ0n) is 10.7. The number of hydrogen-bond acceptors (Lipinski definition) is 3. The van der Waals surface area contributed by atoms with E-state index in [0.717, 1.165) is 12.8 Å². The van der Waals surface area contributed by atoms with Gasteiger partial charge in [-0.25, -0.2) is 9.59 Å². The van der Waals surface area contributed by atoms with Crippen LogP contribution < -0.4 is 10.6 Å². The summed E-state index contributed by atoms with van der Waals surface area (Å²) in [5, 5.41) is 14.3. The lowest BCUT2D eigenvalue weighted by molar-refractivity contribution is 0.0696. The van der Waals surface area contributed by atoms with Crippen molar-refractivity contribution in [2.24, 2.45) is 5.92 Å². The van der Waals surface area contributed by atoms with E-state index < -0.39 is 5.97 Å². The minimum atomic E-state index is -1.07. The van der Waals surface area contributed by atoms with E-state index in [0.29, 0.717) is 11.6 Å². The topological polar surface area (TPSA) is 91.3 Å². The summed E-state index contributed by atoms with van der Waals surface area (Å²) in [6.07, 6.45) is 6.18. The van der Waals surface area contributed by atoms with Crippen LogP contribution >= 0.6 is 0 Å². The number of carbonyl (C=O) groups is 2. The number of carboxylic acids is 1. The minimum absolute atomic E-state index is 0.0461. The molecule has 1 aromatic rings. The van der Waals surface area contributed by atoms with Gasteiger partial charge >= 0.3 is 12.0 Å². The predicted octanol–water partition coefficient (Wildman–Crippen LogP) is 2.09. The number of rotatable bonds is 4. The number of aromatic nitrogens is 1. The standard InChI is InChI=1S/C13H17N3O3/c1-8(9-3-2-4-9)15-13(19)16-11-5-10(12(17)18)6-14-7-11/h5-9H,2-4H2,1H3,(H,17,18)(H2,15,16,19). The number of nitrogens with one attached hydrogen (secondary N) is 2. The van der Waals surface area contributed by atoms with E-state index in [2.05, 4.69) is 15.6 Å². The van der Waals surface area contributed by atoms with Gasteiger partial charge in [0.2, 0.25) is 0 Å². The summed E-state index contributed by atoms with van der Waals surface area (Å²) in [4.78, 5) is 26.3. The van der Waals surface area contributed by atoms with E-state index in [9.17, 15) is 9.59 Å². The summed E-state index contributed by atoms with van der Waals surface area (Å²) in [5.41, 5.74) is 0.419. The van der Waals surface area contributed by atoms with E-state index in [1.807, 2.05) is 6.92 Å². The summed E-state index contributed by atoms with van der Waals surface area (Å²) in [6.45, 7) is 1.98. The van der Waals surface area contributed by atoms with Gasteiger partial charge in [0, 0.05) is 12.2 Å². The summed E-state index contributed by atoms with van der Waals surface area (Å²) < 4.78 is 0. The number of amides is 2. The number of carbonyl (C=O) groups excluding carboxylic acids is 1. The molecule has 0 spiro atoms. The highest BCUT2D eigenvalue weighted by atomic mass is 16.4. The molecule has 3 N–H and O–H groups in total. The van der Waals surface area contributed by atoms with Gasteiger partial charge in [-0.2, -0.15) is 0 Å². The Balaban J connectivity index is 1.90. The lowest BCUT2D eigenvalue weighted by Crippen LogP contribution is -2.42. The number of carboxylic acid groups (broad SMARTS) is 1. The van der Waals surface area contributed by atoms with Gasteiger partial charge in [0.25, 0.3) is 0 Å². The molecule has 0 radical (unpaired) electrons. The maximum Gasteiger partial charge on any atom is 0.337 e. The highest BCUT2D eigenvalue weighted by Gasteiger charge is 2.24. The molecular formula is C13H17N3O3. The molecule has 6 heteroatoms. The molecule has 1 aromatic heterocycles. The van der Waals surface area contributed by atoms with Gasteiger partial charge < -0.3 is 15.7 Å². The summed E-state index contributed by atoms with van der Waals surface area (Å²) >= 11 is 0. The molecule has 19 heavy (non-hydrogen) atoms. The maximum atomic E-state index is 11.8. The van der Waals surface area contributed by atoms with Crippen LogP contribution in [-0.2, 0) is 0 Å². The third kappa shape index (κ3) is 3.43.